The summed E-state index contributed by atoms with van der Waals surface area (Å²) in [5, 5.41) is 0.801. The van der Waals surface area contributed by atoms with Crippen LogP contribution in [0.1, 0.15) is 19.5 Å². The fraction of sp³-hybridized carbons (Fsp3) is 0.500. The molecular formula is C12H16Cl2N2O2S. The van der Waals surface area contributed by atoms with Gasteiger partial charge in [0.15, 0.2) is 0 Å². The molecule has 7 heteroatoms. The van der Waals surface area contributed by atoms with Crippen molar-refractivity contribution in [1.82, 2.24) is 9.88 Å². The Labute approximate surface area is 125 Å². The van der Waals surface area contributed by atoms with E-state index < -0.39 is 10.8 Å². The Morgan fingerprint density at radius 1 is 1.37 bits per heavy atom. The molecule has 0 unspecified atom stereocenters. The lowest BCUT2D eigenvalue weighted by Gasteiger charge is -2.18. The van der Waals surface area contributed by atoms with Crippen LogP contribution in [-0.4, -0.2) is 38.8 Å². The van der Waals surface area contributed by atoms with E-state index in [0.29, 0.717) is 28.8 Å². The number of nitrogens with zero attached hydrogens (tertiary/aromatic N) is 2. The molecule has 1 aromatic rings. The van der Waals surface area contributed by atoms with E-state index >= 15 is 0 Å². The van der Waals surface area contributed by atoms with Crippen molar-refractivity contribution in [3.63, 3.8) is 0 Å². The zero-order valence-corrected chi connectivity index (χ0v) is 13.2. The normalized spacial score (nSPS) is 12.2. The maximum Gasteiger partial charge on any atom is 0.235 e. The molecule has 1 aromatic heterocycles. The van der Waals surface area contributed by atoms with E-state index in [0.717, 1.165) is 0 Å². The molecule has 0 radical (unpaired) electrons. The van der Waals surface area contributed by atoms with Gasteiger partial charge in [0.2, 0.25) is 5.91 Å². The highest BCUT2D eigenvalue weighted by Gasteiger charge is 2.15. The molecule has 0 fully saturated rings. The number of halogens is 2. The minimum Gasteiger partial charge on any atom is -0.342 e. The van der Waals surface area contributed by atoms with E-state index in [1.807, 2.05) is 13.8 Å². The fourth-order valence-electron chi connectivity index (χ4n) is 1.56. The lowest BCUT2D eigenvalue weighted by molar-refractivity contribution is -0.128. The first-order chi connectivity index (χ1) is 8.97. The van der Waals surface area contributed by atoms with Crippen LogP contribution in [-0.2, 0) is 21.3 Å². The third kappa shape index (κ3) is 5.09. The average Bonchev–Trinajstić information content (AvgIpc) is 2.34. The van der Waals surface area contributed by atoms with E-state index in [4.69, 9.17) is 23.2 Å². The van der Waals surface area contributed by atoms with Crippen molar-refractivity contribution < 1.29 is 9.00 Å². The van der Waals surface area contributed by atoms with Crippen molar-refractivity contribution in [1.29, 1.82) is 0 Å². The van der Waals surface area contributed by atoms with E-state index in [-0.39, 0.29) is 17.4 Å². The van der Waals surface area contributed by atoms with Crippen molar-refractivity contribution in [2.75, 3.05) is 18.8 Å². The minimum absolute atomic E-state index is 0.0116. The maximum absolute atomic E-state index is 11.9. The molecule has 0 aliphatic carbocycles. The van der Waals surface area contributed by atoms with Crippen molar-refractivity contribution in [2.45, 2.75) is 19.6 Å². The lowest BCUT2D eigenvalue weighted by atomic mass is 10.4. The van der Waals surface area contributed by atoms with Crippen LogP contribution < -0.4 is 0 Å². The van der Waals surface area contributed by atoms with Gasteiger partial charge in [-0.1, -0.05) is 23.2 Å². The van der Waals surface area contributed by atoms with Crippen LogP contribution in [0.25, 0.3) is 0 Å². The number of hydrogen-bond donors (Lipinski definition) is 0. The molecule has 0 aromatic carbocycles. The molecule has 0 aliphatic heterocycles. The summed E-state index contributed by atoms with van der Waals surface area (Å²) in [5.74, 6) is 0.0270. The highest BCUT2D eigenvalue weighted by atomic mass is 35.5. The summed E-state index contributed by atoms with van der Waals surface area (Å²) in [6.07, 6.45) is 1.45. The van der Waals surface area contributed by atoms with Crippen LogP contribution in [0.4, 0.5) is 0 Å². The summed E-state index contributed by atoms with van der Waals surface area (Å²) >= 11 is 11.7. The monoisotopic (exact) mass is 322 g/mol. The Morgan fingerprint density at radius 3 is 2.53 bits per heavy atom. The molecule has 19 heavy (non-hydrogen) atoms. The van der Waals surface area contributed by atoms with Crippen molar-refractivity contribution in [3.8, 4) is 0 Å². The van der Waals surface area contributed by atoms with Crippen LogP contribution in [0.15, 0.2) is 12.3 Å². The Morgan fingerprint density at radius 2 is 2.00 bits per heavy atom. The van der Waals surface area contributed by atoms with Crippen LogP contribution >= 0.6 is 23.2 Å². The van der Waals surface area contributed by atoms with Gasteiger partial charge in [0.25, 0.3) is 0 Å². The predicted octanol–water partition coefficient (Wildman–Crippen LogP) is 2.51. The summed E-state index contributed by atoms with van der Waals surface area (Å²) in [7, 11) is -1.32. The Hall–Kier alpha value is -0.650. The van der Waals surface area contributed by atoms with E-state index in [1.54, 1.807) is 11.0 Å². The number of aromatic nitrogens is 1. The molecule has 0 aliphatic rings. The summed E-state index contributed by atoms with van der Waals surface area (Å²) in [5.41, 5.74) is 0.497. The van der Waals surface area contributed by atoms with Crippen LogP contribution in [0, 0.1) is 0 Å². The van der Waals surface area contributed by atoms with Gasteiger partial charge in [0, 0.05) is 30.1 Å². The summed E-state index contributed by atoms with van der Waals surface area (Å²) in [4.78, 5) is 17.5. The van der Waals surface area contributed by atoms with Crippen molar-refractivity contribution >= 4 is 39.9 Å². The Balaban J connectivity index is 2.63. The molecule has 0 saturated carbocycles. The van der Waals surface area contributed by atoms with Gasteiger partial charge in [-0.2, -0.15) is 0 Å². The highest BCUT2D eigenvalue weighted by Crippen LogP contribution is 2.19. The highest BCUT2D eigenvalue weighted by molar-refractivity contribution is 7.84. The topological polar surface area (TPSA) is 50.3 Å². The van der Waals surface area contributed by atoms with E-state index in [2.05, 4.69) is 4.98 Å². The molecule has 1 heterocycles. The van der Waals surface area contributed by atoms with E-state index in [1.165, 1.54) is 6.20 Å². The molecule has 0 spiro atoms. The van der Waals surface area contributed by atoms with Crippen LogP contribution in [0.3, 0.4) is 0 Å². The first-order valence-corrected chi connectivity index (χ1v) is 8.15. The second kappa shape index (κ2) is 7.82. The van der Waals surface area contributed by atoms with Gasteiger partial charge in [-0.25, -0.2) is 0 Å². The standard InChI is InChI=1S/C12H16Cl2N2O2S/c1-3-16(4-2)12(17)8-19(18)7-11-10(14)5-9(13)6-15-11/h5-6H,3-4,7-8H2,1-2H3/t19-/m0/s1. The van der Waals surface area contributed by atoms with Gasteiger partial charge in [0.1, 0.15) is 5.75 Å². The van der Waals surface area contributed by atoms with Gasteiger partial charge in [-0.05, 0) is 19.9 Å². The molecule has 0 N–H and O–H groups in total. The first kappa shape index (κ1) is 16.4. The molecule has 106 valence electrons. The SMILES string of the molecule is CCN(CC)C(=O)C[S@@](=O)Cc1ncc(Cl)cc1Cl. The zero-order valence-electron chi connectivity index (χ0n) is 10.9. The second-order valence-corrected chi connectivity index (χ2v) is 6.18. The maximum atomic E-state index is 11.9. The lowest BCUT2D eigenvalue weighted by Crippen LogP contribution is -2.34. The van der Waals surface area contributed by atoms with E-state index in [9.17, 15) is 9.00 Å². The summed E-state index contributed by atoms with van der Waals surface area (Å²) in [6.45, 7) is 5.02. The largest absolute Gasteiger partial charge is 0.342 e. The van der Waals surface area contributed by atoms with Crippen LogP contribution in [0.5, 0.6) is 0 Å². The molecule has 1 amide bonds. The molecule has 4 nitrogen and oxygen atoms in total. The fourth-order valence-corrected chi connectivity index (χ4v) is 3.18. The van der Waals surface area contributed by atoms with Gasteiger partial charge in [-0.3, -0.25) is 14.0 Å². The summed E-state index contributed by atoms with van der Waals surface area (Å²) in [6, 6.07) is 1.55. The molecule has 0 saturated heterocycles. The third-order valence-corrected chi connectivity index (χ3v) is 4.28. The predicted molar refractivity (Wildman–Crippen MR) is 78.9 cm³/mol. The second-order valence-electron chi connectivity index (χ2n) is 3.88. The number of carbonyl (C=O) groups excluding carboxylic acids is 1. The van der Waals surface area contributed by atoms with Crippen molar-refractivity contribution in [2.24, 2.45) is 0 Å². The number of amides is 1. The quantitative estimate of drug-likeness (QED) is 0.808. The van der Waals surface area contributed by atoms with Gasteiger partial charge in [-0.15, -0.1) is 0 Å². The number of hydrogen-bond acceptors (Lipinski definition) is 3. The third-order valence-electron chi connectivity index (χ3n) is 2.58. The first-order valence-electron chi connectivity index (χ1n) is 5.90. The Bertz CT molecular complexity index is 479. The number of pyridine rings is 1. The molecule has 0 bridgehead atoms. The van der Waals surface area contributed by atoms with Crippen LogP contribution in [0.2, 0.25) is 10.0 Å². The van der Waals surface area contributed by atoms with Gasteiger partial charge >= 0.3 is 0 Å². The van der Waals surface area contributed by atoms with Gasteiger partial charge in [0.05, 0.1) is 21.5 Å². The van der Waals surface area contributed by atoms with Crippen molar-refractivity contribution in [3.05, 3.63) is 28.0 Å². The van der Waals surface area contributed by atoms with Gasteiger partial charge < -0.3 is 4.90 Å². The summed E-state index contributed by atoms with van der Waals surface area (Å²) < 4.78 is 11.9. The number of rotatable bonds is 6. The zero-order chi connectivity index (χ0) is 14.4. The average molecular weight is 323 g/mol. The smallest absolute Gasteiger partial charge is 0.235 e. The number of carbonyl (C=O) groups is 1. The molecule has 1 atom stereocenters. The minimum atomic E-state index is -1.32. The Kier molecular flexibility index (Phi) is 6.75. The molecular weight excluding hydrogens is 307 g/mol. The molecule has 1 rings (SSSR count).